The van der Waals surface area contributed by atoms with E-state index >= 15 is 0 Å². The van der Waals surface area contributed by atoms with Crippen molar-refractivity contribution in [3.05, 3.63) is 0 Å². The van der Waals surface area contributed by atoms with Gasteiger partial charge in [0.2, 0.25) is 5.91 Å². The third-order valence-corrected chi connectivity index (χ3v) is 4.19. The van der Waals surface area contributed by atoms with Gasteiger partial charge in [0.15, 0.2) is 0 Å². The van der Waals surface area contributed by atoms with Crippen LogP contribution in [0.25, 0.3) is 0 Å². The van der Waals surface area contributed by atoms with Crippen molar-refractivity contribution in [2.24, 2.45) is 17.6 Å². The van der Waals surface area contributed by atoms with Crippen LogP contribution in [0, 0.1) is 11.8 Å². The van der Waals surface area contributed by atoms with Crippen LogP contribution in [0.4, 0.5) is 0 Å². The van der Waals surface area contributed by atoms with Crippen molar-refractivity contribution < 1.29 is 9.90 Å². The zero-order valence-electron chi connectivity index (χ0n) is 12.0. The SMILES string of the molecule is CCC1(O)CN(C(=O)CCC(CCN)C(C)C)C1. The minimum atomic E-state index is -0.621. The lowest BCUT2D eigenvalue weighted by atomic mass is 9.87. The Morgan fingerprint density at radius 2 is 2.00 bits per heavy atom. The van der Waals surface area contributed by atoms with Crippen LogP contribution in [0.1, 0.15) is 46.5 Å². The van der Waals surface area contributed by atoms with E-state index < -0.39 is 5.60 Å². The number of carbonyl (C=O) groups excluding carboxylic acids is 1. The Morgan fingerprint density at radius 3 is 2.44 bits per heavy atom. The molecule has 4 heteroatoms. The van der Waals surface area contributed by atoms with E-state index in [1.165, 1.54) is 0 Å². The van der Waals surface area contributed by atoms with Crippen LogP contribution < -0.4 is 5.73 Å². The predicted octanol–water partition coefficient (Wildman–Crippen LogP) is 1.37. The number of hydrogen-bond donors (Lipinski definition) is 2. The summed E-state index contributed by atoms with van der Waals surface area (Å²) in [5, 5.41) is 9.88. The molecule has 0 saturated carbocycles. The smallest absolute Gasteiger partial charge is 0.222 e. The average molecular weight is 256 g/mol. The summed E-state index contributed by atoms with van der Waals surface area (Å²) in [6.45, 7) is 8.03. The molecule has 1 aliphatic heterocycles. The summed E-state index contributed by atoms with van der Waals surface area (Å²) in [4.78, 5) is 13.7. The molecule has 3 N–H and O–H groups in total. The summed E-state index contributed by atoms with van der Waals surface area (Å²) in [6.07, 6.45) is 3.21. The Hall–Kier alpha value is -0.610. The highest BCUT2D eigenvalue weighted by Crippen LogP contribution is 2.26. The van der Waals surface area contributed by atoms with E-state index in [0.29, 0.717) is 37.9 Å². The van der Waals surface area contributed by atoms with Crippen LogP contribution in [-0.4, -0.2) is 41.1 Å². The van der Waals surface area contributed by atoms with Gasteiger partial charge >= 0.3 is 0 Å². The van der Waals surface area contributed by atoms with Crippen molar-refractivity contribution in [2.45, 2.75) is 52.1 Å². The quantitative estimate of drug-likeness (QED) is 0.723. The molecule has 1 aliphatic rings. The Bertz CT molecular complexity index is 273. The highest BCUT2D eigenvalue weighted by atomic mass is 16.3. The first kappa shape index (κ1) is 15.4. The number of amides is 1. The average Bonchev–Trinajstić information content (AvgIpc) is 2.29. The molecule has 1 amide bonds. The number of hydrogen-bond acceptors (Lipinski definition) is 3. The Balaban J connectivity index is 2.29. The van der Waals surface area contributed by atoms with E-state index in [-0.39, 0.29) is 5.91 Å². The predicted molar refractivity (Wildman–Crippen MR) is 73.1 cm³/mol. The van der Waals surface area contributed by atoms with Crippen LogP contribution in [0.2, 0.25) is 0 Å². The second-order valence-electron chi connectivity index (χ2n) is 5.95. The summed E-state index contributed by atoms with van der Waals surface area (Å²) >= 11 is 0. The van der Waals surface area contributed by atoms with Gasteiger partial charge in [0.25, 0.3) is 0 Å². The lowest BCUT2D eigenvalue weighted by Gasteiger charge is -2.46. The molecule has 0 spiro atoms. The van der Waals surface area contributed by atoms with Crippen molar-refractivity contribution in [3.63, 3.8) is 0 Å². The maximum atomic E-state index is 11.9. The summed E-state index contributed by atoms with van der Waals surface area (Å²) in [5.41, 5.74) is 4.98. The molecule has 0 aliphatic carbocycles. The van der Waals surface area contributed by atoms with E-state index in [1.807, 2.05) is 6.92 Å². The van der Waals surface area contributed by atoms with Crippen LogP contribution in [0.15, 0.2) is 0 Å². The van der Waals surface area contributed by atoms with Gasteiger partial charge in [-0.25, -0.2) is 0 Å². The molecule has 106 valence electrons. The van der Waals surface area contributed by atoms with Gasteiger partial charge in [-0.05, 0) is 37.6 Å². The van der Waals surface area contributed by atoms with Gasteiger partial charge in [0, 0.05) is 6.42 Å². The zero-order valence-corrected chi connectivity index (χ0v) is 12.0. The minimum Gasteiger partial charge on any atom is -0.386 e. The van der Waals surface area contributed by atoms with E-state index in [9.17, 15) is 9.90 Å². The van der Waals surface area contributed by atoms with E-state index in [4.69, 9.17) is 5.73 Å². The van der Waals surface area contributed by atoms with Crippen molar-refractivity contribution in [3.8, 4) is 0 Å². The minimum absolute atomic E-state index is 0.177. The van der Waals surface area contributed by atoms with Crippen LogP contribution in [0.3, 0.4) is 0 Å². The van der Waals surface area contributed by atoms with E-state index in [2.05, 4.69) is 13.8 Å². The number of rotatable bonds is 7. The molecule has 18 heavy (non-hydrogen) atoms. The largest absolute Gasteiger partial charge is 0.386 e. The van der Waals surface area contributed by atoms with E-state index in [0.717, 1.165) is 19.3 Å². The van der Waals surface area contributed by atoms with Crippen molar-refractivity contribution in [1.82, 2.24) is 4.90 Å². The van der Waals surface area contributed by atoms with Crippen LogP contribution in [-0.2, 0) is 4.79 Å². The first-order valence-electron chi connectivity index (χ1n) is 7.12. The van der Waals surface area contributed by atoms with Gasteiger partial charge in [0.05, 0.1) is 18.7 Å². The summed E-state index contributed by atoms with van der Waals surface area (Å²) < 4.78 is 0. The summed E-state index contributed by atoms with van der Waals surface area (Å²) in [5.74, 6) is 1.28. The molecule has 1 rings (SSSR count). The molecule has 1 unspecified atom stereocenters. The number of likely N-dealkylation sites (tertiary alicyclic amines) is 1. The van der Waals surface area contributed by atoms with Gasteiger partial charge in [-0.2, -0.15) is 0 Å². The number of nitrogens with zero attached hydrogens (tertiary/aromatic N) is 1. The monoisotopic (exact) mass is 256 g/mol. The highest BCUT2D eigenvalue weighted by molar-refractivity contribution is 5.77. The normalized spacial score (nSPS) is 19.8. The molecule has 1 atom stereocenters. The fraction of sp³-hybridized carbons (Fsp3) is 0.929. The third-order valence-electron chi connectivity index (χ3n) is 4.19. The zero-order chi connectivity index (χ0) is 13.8. The van der Waals surface area contributed by atoms with E-state index in [1.54, 1.807) is 4.90 Å². The lowest BCUT2D eigenvalue weighted by molar-refractivity contribution is -0.156. The number of nitrogens with two attached hydrogens (primary N) is 1. The Labute approximate surface area is 111 Å². The molecule has 1 fully saturated rings. The Morgan fingerprint density at radius 1 is 1.39 bits per heavy atom. The van der Waals surface area contributed by atoms with Crippen molar-refractivity contribution in [2.75, 3.05) is 19.6 Å². The summed E-state index contributed by atoms with van der Waals surface area (Å²) in [6, 6.07) is 0. The van der Waals surface area contributed by atoms with Crippen LogP contribution in [0.5, 0.6) is 0 Å². The standard InChI is InChI=1S/C14H28N2O2/c1-4-14(18)9-16(10-14)13(17)6-5-12(7-8-15)11(2)3/h11-12,18H,4-10,15H2,1-3H3. The maximum absolute atomic E-state index is 11.9. The van der Waals surface area contributed by atoms with Gasteiger partial charge in [0.1, 0.15) is 0 Å². The maximum Gasteiger partial charge on any atom is 0.222 e. The second kappa shape index (κ2) is 6.53. The number of β-amino-alcohol motifs (C(OH)–C–C–N with tert-alkyl or cyclic N) is 1. The number of aliphatic hydroxyl groups is 1. The van der Waals surface area contributed by atoms with Gasteiger partial charge in [-0.15, -0.1) is 0 Å². The second-order valence-corrected chi connectivity index (χ2v) is 5.95. The molecule has 0 aromatic heterocycles. The molecule has 4 nitrogen and oxygen atoms in total. The topological polar surface area (TPSA) is 66.6 Å². The third kappa shape index (κ3) is 3.95. The first-order chi connectivity index (χ1) is 8.41. The van der Waals surface area contributed by atoms with Crippen molar-refractivity contribution >= 4 is 5.91 Å². The summed E-state index contributed by atoms with van der Waals surface area (Å²) in [7, 11) is 0. The molecular formula is C14H28N2O2. The highest BCUT2D eigenvalue weighted by Gasteiger charge is 2.41. The molecule has 1 heterocycles. The van der Waals surface area contributed by atoms with Gasteiger partial charge in [-0.1, -0.05) is 20.8 Å². The lowest BCUT2D eigenvalue weighted by Crippen LogP contribution is -2.63. The molecule has 0 radical (unpaired) electrons. The fourth-order valence-electron chi connectivity index (χ4n) is 2.56. The first-order valence-corrected chi connectivity index (χ1v) is 7.12. The fourth-order valence-corrected chi connectivity index (χ4v) is 2.56. The van der Waals surface area contributed by atoms with Crippen molar-refractivity contribution in [1.29, 1.82) is 0 Å². The van der Waals surface area contributed by atoms with Gasteiger partial charge in [-0.3, -0.25) is 4.79 Å². The van der Waals surface area contributed by atoms with Gasteiger partial charge < -0.3 is 15.7 Å². The Kier molecular flexibility index (Phi) is 5.60. The molecule has 0 aromatic carbocycles. The number of carbonyl (C=O) groups is 1. The molecule has 0 bridgehead atoms. The molecule has 0 aromatic rings. The molecule has 1 saturated heterocycles. The molecular weight excluding hydrogens is 228 g/mol. The van der Waals surface area contributed by atoms with Crippen LogP contribution >= 0.6 is 0 Å².